The average Bonchev–Trinajstić information content (AvgIpc) is 3.72. The first kappa shape index (κ1) is 35.7. The molecule has 0 saturated carbocycles. The summed E-state index contributed by atoms with van der Waals surface area (Å²) in [6.45, 7) is 10.3. The van der Waals surface area contributed by atoms with Crippen LogP contribution < -0.4 is 40.9 Å². The van der Waals surface area contributed by atoms with Gasteiger partial charge in [0.25, 0.3) is 6.71 Å². The zero-order chi connectivity index (χ0) is 41.0. The van der Waals surface area contributed by atoms with Crippen molar-refractivity contribution in [1.82, 2.24) is 0 Å². The maximum absolute atomic E-state index is 2.61. The first-order valence-electron chi connectivity index (χ1n) is 21.6. The number of rotatable bonds is 4. The number of fused-ring (bicyclic) bond motifs is 7. The fraction of sp³-hybridized carbons (Fsp3) is 0.127. The molecule has 0 bridgehead atoms. The Morgan fingerprint density at radius 1 is 0.393 bits per heavy atom. The van der Waals surface area contributed by atoms with Crippen LogP contribution >= 0.6 is 0 Å². The van der Waals surface area contributed by atoms with E-state index in [9.17, 15) is 0 Å². The molecule has 61 heavy (non-hydrogen) atoms. The third-order valence-electron chi connectivity index (χ3n) is 13.1. The number of aryl methyl sites for hydroxylation is 1. The van der Waals surface area contributed by atoms with Crippen LogP contribution in [-0.4, -0.2) is 18.8 Å². The van der Waals surface area contributed by atoms with Crippen LogP contribution in [0, 0.1) is 6.92 Å². The third-order valence-corrected chi connectivity index (χ3v) is 13.1. The molecule has 0 fully saturated rings. The Morgan fingerprint density at radius 2 is 0.836 bits per heavy atom. The Kier molecular flexibility index (Phi) is 7.86. The molecule has 6 heteroatoms. The van der Waals surface area contributed by atoms with E-state index in [1.165, 1.54) is 61.6 Å². The summed E-state index contributed by atoms with van der Waals surface area (Å²) < 4.78 is 0. The SMILES string of the molecule is Cc1cc2c3c(c1)N(c1ccccc1)c1cc4c(cc1B3c1ccc(N3c5ccccc5N(c5ccccc5)c5ccccc53)cc1N2c1ccccc1)CCN4C(C)(C)C. The Balaban J connectivity index is 1.12. The molecule has 0 atom stereocenters. The second-order valence-electron chi connectivity index (χ2n) is 17.8. The summed E-state index contributed by atoms with van der Waals surface area (Å²) >= 11 is 0. The van der Waals surface area contributed by atoms with Gasteiger partial charge >= 0.3 is 0 Å². The summed E-state index contributed by atoms with van der Waals surface area (Å²) in [6, 6.07) is 67.5. The van der Waals surface area contributed by atoms with Crippen molar-refractivity contribution in [3.05, 3.63) is 193 Å². The normalized spacial score (nSPS) is 14.6. The highest BCUT2D eigenvalue weighted by molar-refractivity contribution is 7.00. The van der Waals surface area contributed by atoms with Gasteiger partial charge in [0, 0.05) is 63.3 Å². The molecule has 0 saturated heterocycles. The lowest BCUT2D eigenvalue weighted by molar-refractivity contribution is 0.518. The monoisotopic (exact) mass is 787 g/mol. The van der Waals surface area contributed by atoms with Crippen LogP contribution in [0.5, 0.6) is 0 Å². The predicted octanol–water partition coefficient (Wildman–Crippen LogP) is 12.5. The number of nitrogens with zero attached hydrogens (tertiary/aromatic N) is 5. The number of hydrogen-bond acceptors (Lipinski definition) is 5. The van der Waals surface area contributed by atoms with Gasteiger partial charge < -0.3 is 24.5 Å². The quantitative estimate of drug-likeness (QED) is 0.165. The molecule has 0 aliphatic carbocycles. The molecule has 8 aromatic carbocycles. The molecule has 0 unspecified atom stereocenters. The average molecular weight is 788 g/mol. The summed E-state index contributed by atoms with van der Waals surface area (Å²) in [6.07, 6.45) is 1.04. The molecular weight excluding hydrogens is 741 g/mol. The molecule has 8 aromatic rings. The van der Waals surface area contributed by atoms with E-state index in [0.29, 0.717) is 0 Å². The highest BCUT2D eigenvalue weighted by Crippen LogP contribution is 2.55. The lowest BCUT2D eigenvalue weighted by Gasteiger charge is -2.45. The van der Waals surface area contributed by atoms with Crippen molar-refractivity contribution in [2.24, 2.45) is 0 Å². The predicted molar refractivity (Wildman–Crippen MR) is 259 cm³/mol. The Hall–Kier alpha value is -7.18. The Labute approximate surface area is 359 Å². The minimum Gasteiger partial charge on any atom is -0.366 e. The number of anilines is 13. The van der Waals surface area contributed by atoms with Gasteiger partial charge in [0.1, 0.15) is 0 Å². The van der Waals surface area contributed by atoms with Gasteiger partial charge in [-0.1, -0.05) is 91.0 Å². The molecular formula is C55H46BN5. The van der Waals surface area contributed by atoms with Crippen molar-refractivity contribution < 1.29 is 0 Å². The van der Waals surface area contributed by atoms with E-state index < -0.39 is 0 Å². The molecule has 294 valence electrons. The molecule has 0 spiro atoms. The lowest BCUT2D eigenvalue weighted by atomic mass is 9.33. The van der Waals surface area contributed by atoms with Crippen molar-refractivity contribution >= 4 is 97.0 Å². The lowest BCUT2D eigenvalue weighted by Crippen LogP contribution is -2.61. The number of hydrogen-bond donors (Lipinski definition) is 0. The van der Waals surface area contributed by atoms with Crippen LogP contribution in [0.2, 0.25) is 0 Å². The van der Waals surface area contributed by atoms with Gasteiger partial charge in [0.15, 0.2) is 0 Å². The topological polar surface area (TPSA) is 16.2 Å². The van der Waals surface area contributed by atoms with E-state index in [0.717, 1.165) is 52.8 Å². The van der Waals surface area contributed by atoms with E-state index in [1.54, 1.807) is 0 Å². The molecule has 0 amide bonds. The van der Waals surface area contributed by atoms with E-state index >= 15 is 0 Å². The molecule has 0 N–H and O–H groups in total. The third kappa shape index (κ3) is 5.41. The fourth-order valence-corrected chi connectivity index (χ4v) is 10.6. The van der Waals surface area contributed by atoms with Gasteiger partial charge in [-0.05, 0) is 153 Å². The van der Waals surface area contributed by atoms with Gasteiger partial charge in [-0.25, -0.2) is 0 Å². The van der Waals surface area contributed by atoms with Gasteiger partial charge in [-0.3, -0.25) is 0 Å². The minimum absolute atomic E-state index is 0.0151. The maximum Gasteiger partial charge on any atom is 0.252 e. The van der Waals surface area contributed by atoms with Crippen LogP contribution in [0.4, 0.5) is 73.9 Å². The zero-order valence-electron chi connectivity index (χ0n) is 35.0. The second kappa shape index (κ2) is 13.4. The van der Waals surface area contributed by atoms with Crippen molar-refractivity contribution in [3.63, 3.8) is 0 Å². The van der Waals surface area contributed by atoms with Crippen LogP contribution in [0.15, 0.2) is 182 Å². The Bertz CT molecular complexity index is 2970. The highest BCUT2D eigenvalue weighted by atomic mass is 15.3. The van der Waals surface area contributed by atoms with Gasteiger partial charge in [0.2, 0.25) is 0 Å². The molecule has 4 heterocycles. The molecule has 4 aliphatic heterocycles. The van der Waals surface area contributed by atoms with E-state index in [4.69, 9.17) is 0 Å². The maximum atomic E-state index is 2.61. The summed E-state index contributed by atoms with van der Waals surface area (Å²) in [4.78, 5) is 12.5. The van der Waals surface area contributed by atoms with E-state index in [-0.39, 0.29) is 12.3 Å². The second-order valence-corrected chi connectivity index (χ2v) is 17.8. The largest absolute Gasteiger partial charge is 0.366 e. The summed E-state index contributed by atoms with van der Waals surface area (Å²) in [5.41, 5.74) is 22.2. The highest BCUT2D eigenvalue weighted by Gasteiger charge is 2.45. The number of benzene rings is 8. The Morgan fingerprint density at radius 3 is 1.33 bits per heavy atom. The van der Waals surface area contributed by atoms with Gasteiger partial charge in [-0.2, -0.15) is 0 Å². The van der Waals surface area contributed by atoms with E-state index in [2.05, 4.69) is 234 Å². The first-order valence-corrected chi connectivity index (χ1v) is 21.6. The van der Waals surface area contributed by atoms with Crippen LogP contribution in [0.25, 0.3) is 0 Å². The summed E-state index contributed by atoms with van der Waals surface area (Å²) in [5.74, 6) is 0. The minimum atomic E-state index is 0.0151. The van der Waals surface area contributed by atoms with Gasteiger partial charge in [0.05, 0.1) is 22.7 Å². The zero-order valence-corrected chi connectivity index (χ0v) is 35.0. The smallest absolute Gasteiger partial charge is 0.252 e. The fourth-order valence-electron chi connectivity index (χ4n) is 10.6. The first-order chi connectivity index (χ1) is 29.8. The molecule has 4 aliphatic rings. The van der Waals surface area contributed by atoms with Crippen molar-refractivity contribution in [1.29, 1.82) is 0 Å². The van der Waals surface area contributed by atoms with Gasteiger partial charge in [-0.15, -0.1) is 0 Å². The van der Waals surface area contributed by atoms with Crippen LogP contribution in [0.3, 0.4) is 0 Å². The van der Waals surface area contributed by atoms with Crippen molar-refractivity contribution in [2.75, 3.05) is 31.0 Å². The number of para-hydroxylation sites is 7. The standard InChI is InChI=1S/C55H46BN5/c1-37-32-52-54-53(33-37)60(41-22-12-7-13-23-41)51-36-49-38(30-31-57(49)55(2,3)4)34-44(51)56(54)43-29-28-42(35-50(43)59(52)40-20-10-6-11-21-40)61-47-26-16-14-24-45(47)58(39-18-8-5-9-19-39)46-25-15-17-27-48(46)61/h5-29,32-36H,30-31H2,1-4H3. The summed E-state index contributed by atoms with van der Waals surface area (Å²) in [5, 5.41) is 0. The van der Waals surface area contributed by atoms with Crippen molar-refractivity contribution in [3.8, 4) is 0 Å². The molecule has 0 radical (unpaired) electrons. The van der Waals surface area contributed by atoms with Crippen molar-refractivity contribution in [2.45, 2.75) is 39.7 Å². The van der Waals surface area contributed by atoms with Crippen LogP contribution in [-0.2, 0) is 6.42 Å². The van der Waals surface area contributed by atoms with E-state index in [1.807, 2.05) is 0 Å². The molecule has 0 aromatic heterocycles. The summed E-state index contributed by atoms with van der Waals surface area (Å²) in [7, 11) is 0. The van der Waals surface area contributed by atoms with Crippen LogP contribution in [0.1, 0.15) is 31.9 Å². The molecule has 5 nitrogen and oxygen atoms in total. The molecule has 12 rings (SSSR count).